The Hall–Kier alpha value is -1.32. The second-order valence-electron chi connectivity index (χ2n) is 15.0. The number of carboxylic acids is 1. The van der Waals surface area contributed by atoms with E-state index in [4.69, 9.17) is 4.74 Å². The fraction of sp³-hybridized carbons (Fsp3) is 0.875. The largest absolute Gasteiger partial charge is 0.481 e. The minimum atomic E-state index is -1.04. The van der Waals surface area contributed by atoms with Gasteiger partial charge >= 0.3 is 11.9 Å². The Bertz CT molecular complexity index is 985. The summed E-state index contributed by atoms with van der Waals surface area (Å²) >= 11 is 0. The minimum Gasteiger partial charge on any atom is -0.481 e. The first-order chi connectivity index (χ1) is 16.6. The van der Waals surface area contributed by atoms with Crippen LogP contribution in [0.4, 0.5) is 0 Å². The third-order valence-electron chi connectivity index (χ3n) is 13.8. The van der Waals surface area contributed by atoms with Crippen LogP contribution in [0.3, 0.4) is 0 Å². The highest BCUT2D eigenvalue weighted by atomic mass is 16.5. The van der Waals surface area contributed by atoms with E-state index in [2.05, 4.69) is 47.6 Å². The molecular weight excluding hydrogens is 448 g/mol. The van der Waals surface area contributed by atoms with Crippen molar-refractivity contribution in [3.63, 3.8) is 0 Å². The molecule has 4 saturated carbocycles. The van der Waals surface area contributed by atoms with Crippen LogP contribution in [0.15, 0.2) is 11.6 Å². The zero-order chi connectivity index (χ0) is 26.5. The molecule has 5 aliphatic carbocycles. The van der Waals surface area contributed by atoms with Gasteiger partial charge in [-0.1, -0.05) is 53.2 Å². The molecule has 0 bridgehead atoms. The Morgan fingerprint density at radius 2 is 1.61 bits per heavy atom. The van der Waals surface area contributed by atoms with Crippen molar-refractivity contribution in [2.75, 3.05) is 0 Å². The van der Waals surface area contributed by atoms with E-state index in [0.717, 1.165) is 37.5 Å². The van der Waals surface area contributed by atoms with E-state index >= 15 is 0 Å². The van der Waals surface area contributed by atoms with E-state index < -0.39 is 17.5 Å². The normalized spacial score (nSPS) is 54.2. The maximum absolute atomic E-state index is 12.9. The topological polar surface area (TPSA) is 63.6 Å². The minimum absolute atomic E-state index is 0.0136. The van der Waals surface area contributed by atoms with Gasteiger partial charge < -0.3 is 9.84 Å². The molecule has 0 heterocycles. The average Bonchev–Trinajstić information content (AvgIpc) is 2.79. The first-order valence-corrected chi connectivity index (χ1v) is 14.8. The fourth-order valence-corrected chi connectivity index (χ4v) is 11.2. The van der Waals surface area contributed by atoms with Gasteiger partial charge in [-0.25, -0.2) is 0 Å². The van der Waals surface area contributed by atoms with Gasteiger partial charge in [-0.15, -0.1) is 0 Å². The molecule has 0 aromatic heterocycles. The molecule has 0 aromatic rings. The Kier molecular flexibility index (Phi) is 5.91. The Balaban J connectivity index is 1.57. The highest BCUT2D eigenvalue weighted by Gasteiger charge is 2.70. The molecule has 0 saturated heterocycles. The summed E-state index contributed by atoms with van der Waals surface area (Å²) in [6, 6.07) is 0. The van der Waals surface area contributed by atoms with Crippen LogP contribution in [0.25, 0.3) is 0 Å². The summed E-state index contributed by atoms with van der Waals surface area (Å²) in [4.78, 5) is 24.8. The zero-order valence-electron chi connectivity index (χ0n) is 24.1. The molecular formula is C32H50O4. The quantitative estimate of drug-likeness (QED) is 0.313. The number of carbonyl (C=O) groups excluding carboxylic acids is 1. The van der Waals surface area contributed by atoms with E-state index in [1.54, 1.807) is 5.57 Å². The molecule has 36 heavy (non-hydrogen) atoms. The smallest absolute Gasteiger partial charge is 0.313 e. The van der Waals surface area contributed by atoms with Gasteiger partial charge in [-0.05, 0) is 116 Å². The monoisotopic (exact) mass is 498 g/mol. The molecule has 4 heteroatoms. The van der Waals surface area contributed by atoms with Gasteiger partial charge in [0.2, 0.25) is 0 Å². The maximum atomic E-state index is 12.9. The van der Waals surface area contributed by atoms with Gasteiger partial charge in [0.15, 0.2) is 0 Å². The maximum Gasteiger partial charge on any atom is 0.313 e. The van der Waals surface area contributed by atoms with Crippen LogP contribution in [-0.2, 0) is 14.3 Å². The second-order valence-corrected chi connectivity index (χ2v) is 15.0. The molecule has 0 aromatic carbocycles. The number of allylic oxidation sites excluding steroid dienone is 2. The van der Waals surface area contributed by atoms with Gasteiger partial charge in [-0.3, -0.25) is 9.59 Å². The number of rotatable bonds is 2. The van der Waals surface area contributed by atoms with E-state index in [-0.39, 0.29) is 28.1 Å². The lowest BCUT2D eigenvalue weighted by molar-refractivity contribution is -0.223. The summed E-state index contributed by atoms with van der Waals surface area (Å²) < 4.78 is 5.69. The van der Waals surface area contributed by atoms with Crippen molar-refractivity contribution in [3.8, 4) is 0 Å². The molecule has 202 valence electrons. The second kappa shape index (κ2) is 8.09. The van der Waals surface area contributed by atoms with Crippen molar-refractivity contribution in [2.45, 2.75) is 119 Å². The number of hydrogen-bond donors (Lipinski definition) is 1. The molecule has 4 fully saturated rings. The van der Waals surface area contributed by atoms with Crippen LogP contribution in [0.1, 0.15) is 113 Å². The number of aliphatic carboxylic acids is 1. The van der Waals surface area contributed by atoms with Crippen LogP contribution in [0.2, 0.25) is 0 Å². The molecule has 5 rings (SSSR count). The van der Waals surface area contributed by atoms with Gasteiger partial charge in [-0.2, -0.15) is 0 Å². The average molecular weight is 499 g/mol. The molecule has 0 radical (unpaired) electrons. The van der Waals surface area contributed by atoms with Crippen LogP contribution < -0.4 is 0 Å². The summed E-state index contributed by atoms with van der Waals surface area (Å²) in [6.45, 7) is 18.4. The molecule has 1 N–H and O–H groups in total. The van der Waals surface area contributed by atoms with Crippen molar-refractivity contribution < 1.29 is 19.4 Å². The number of carbonyl (C=O) groups is 2. The third-order valence-corrected chi connectivity index (χ3v) is 13.8. The van der Waals surface area contributed by atoms with Crippen molar-refractivity contribution in [1.82, 2.24) is 0 Å². The van der Waals surface area contributed by atoms with Crippen LogP contribution in [-0.4, -0.2) is 23.1 Å². The fourth-order valence-electron chi connectivity index (χ4n) is 11.2. The molecule has 2 unspecified atom stereocenters. The number of carboxylic acid groups (broad SMARTS) is 1. The molecule has 0 spiro atoms. The zero-order valence-corrected chi connectivity index (χ0v) is 24.1. The van der Waals surface area contributed by atoms with Crippen LogP contribution in [0, 0.1) is 56.7 Å². The molecule has 5 aliphatic rings. The molecule has 4 nitrogen and oxygen atoms in total. The summed E-state index contributed by atoms with van der Waals surface area (Å²) in [6.07, 6.45) is 12.0. The summed E-state index contributed by atoms with van der Waals surface area (Å²) in [7, 11) is 0. The van der Waals surface area contributed by atoms with Gasteiger partial charge in [0.05, 0.1) is 0 Å². The van der Waals surface area contributed by atoms with Crippen molar-refractivity contribution >= 4 is 11.9 Å². The Labute approximate surface area is 219 Å². The SMILES string of the molecule is CC(=O)O[C@@H]1CC[C@@]2(C)C(CC[C@]3(C)[C@@H]2CC=C2[C@@H]4[C@@H](C)[C@H](C)CC[C@]4(C)CC[C@]23C)C1(C)C(=O)O. The lowest BCUT2D eigenvalue weighted by Crippen LogP contribution is -2.66. The number of esters is 1. The van der Waals surface area contributed by atoms with E-state index in [1.165, 1.54) is 32.6 Å². The van der Waals surface area contributed by atoms with Crippen molar-refractivity contribution in [1.29, 1.82) is 0 Å². The lowest BCUT2D eigenvalue weighted by Gasteiger charge is -2.71. The summed E-state index contributed by atoms with van der Waals surface area (Å²) in [5.74, 6) is 1.47. The highest BCUT2D eigenvalue weighted by molar-refractivity contribution is 5.77. The van der Waals surface area contributed by atoms with Crippen molar-refractivity contribution in [2.24, 2.45) is 56.7 Å². The van der Waals surface area contributed by atoms with Gasteiger partial charge in [0.1, 0.15) is 11.5 Å². The van der Waals surface area contributed by atoms with E-state index in [1.807, 2.05) is 6.92 Å². The van der Waals surface area contributed by atoms with Gasteiger partial charge in [0.25, 0.3) is 0 Å². The Morgan fingerprint density at radius 1 is 0.917 bits per heavy atom. The summed E-state index contributed by atoms with van der Waals surface area (Å²) in [5, 5.41) is 10.5. The standard InChI is InChI=1S/C32H50O4/c1-19-11-14-28(4)17-18-30(6)22(26(28)20(19)2)9-10-23-29(5)15-13-25(36-21(3)33)32(8,27(34)35)24(29)12-16-31(23,30)7/h9,19-20,23-26H,10-18H2,1-8H3,(H,34,35)/t19-,20+,23-,24?,25-,26+,28-,29-,30-,31-,32?/m1/s1. The lowest BCUT2D eigenvalue weighted by atomic mass is 9.33. The third kappa shape index (κ3) is 3.17. The number of ether oxygens (including phenoxy) is 1. The predicted molar refractivity (Wildman–Crippen MR) is 142 cm³/mol. The van der Waals surface area contributed by atoms with Crippen LogP contribution >= 0.6 is 0 Å². The first kappa shape index (κ1) is 26.3. The molecule has 11 atom stereocenters. The first-order valence-electron chi connectivity index (χ1n) is 14.8. The number of fused-ring (bicyclic) bond motifs is 7. The molecule has 0 amide bonds. The Morgan fingerprint density at radius 3 is 2.25 bits per heavy atom. The molecule has 0 aliphatic heterocycles. The highest BCUT2D eigenvalue weighted by Crippen LogP contribution is 2.75. The summed E-state index contributed by atoms with van der Waals surface area (Å²) in [5.41, 5.74) is 1.40. The van der Waals surface area contributed by atoms with Crippen molar-refractivity contribution in [3.05, 3.63) is 11.6 Å². The van der Waals surface area contributed by atoms with Gasteiger partial charge in [0, 0.05) is 6.92 Å². The van der Waals surface area contributed by atoms with E-state index in [9.17, 15) is 14.7 Å². The van der Waals surface area contributed by atoms with E-state index in [0.29, 0.717) is 23.7 Å². The van der Waals surface area contributed by atoms with Crippen LogP contribution in [0.5, 0.6) is 0 Å². The number of hydrogen-bond acceptors (Lipinski definition) is 3. The predicted octanol–water partition coefficient (Wildman–Crippen LogP) is 7.66.